The average molecular weight is 377 g/mol. The maximum absolute atomic E-state index is 10.7. The first-order chi connectivity index (χ1) is 13.1. The molecule has 0 saturated carbocycles. The third kappa shape index (κ3) is 2.13. The number of aromatic hydroxyl groups is 1. The summed E-state index contributed by atoms with van der Waals surface area (Å²) in [5, 5.41) is 11.9. The molecule has 0 fully saturated rings. The molecular weight excluding hydrogens is 358 g/mol. The minimum Gasteiger partial charge on any atom is -0.496 e. The molecule has 1 aliphatic heterocycles. The summed E-state index contributed by atoms with van der Waals surface area (Å²) >= 11 is 5.68. The molecule has 5 nitrogen and oxygen atoms in total. The normalized spacial score (nSPS) is 15.6. The van der Waals surface area contributed by atoms with E-state index < -0.39 is 0 Å². The number of nitrogens with zero attached hydrogens (tertiary/aromatic N) is 2. The molecule has 0 radical (unpaired) electrons. The van der Waals surface area contributed by atoms with Crippen molar-refractivity contribution in [3.63, 3.8) is 0 Å². The molecule has 0 aliphatic carbocycles. The number of hydrogen-bond acceptors (Lipinski definition) is 3. The van der Waals surface area contributed by atoms with Crippen molar-refractivity contribution in [1.29, 1.82) is 0 Å². The fourth-order valence-electron chi connectivity index (χ4n) is 4.23. The second-order valence-electron chi connectivity index (χ2n) is 6.87. The Morgan fingerprint density at radius 1 is 1.15 bits per heavy atom. The Bertz CT molecular complexity index is 1250. The predicted molar refractivity (Wildman–Crippen MR) is 107 cm³/mol. The van der Waals surface area contributed by atoms with Gasteiger partial charge in [-0.25, -0.2) is 0 Å². The van der Waals surface area contributed by atoms with Crippen molar-refractivity contribution in [3.05, 3.63) is 75.8 Å². The largest absolute Gasteiger partial charge is 0.496 e. The van der Waals surface area contributed by atoms with Crippen LogP contribution in [0.1, 0.15) is 28.6 Å². The van der Waals surface area contributed by atoms with Crippen LogP contribution in [0.5, 0.6) is 11.6 Å². The van der Waals surface area contributed by atoms with Gasteiger partial charge in [0, 0.05) is 35.6 Å². The quantitative estimate of drug-likeness (QED) is 0.451. The SMILES string of the molecule is COc1ccccc1C1c2[nH]c3ccccc3c2Cc2c(O)n(C)c(=S)n21. The number of aromatic amines is 1. The monoisotopic (exact) mass is 377 g/mol. The molecule has 2 N–H and O–H groups in total. The van der Waals surface area contributed by atoms with Gasteiger partial charge in [0.05, 0.1) is 12.8 Å². The van der Waals surface area contributed by atoms with E-state index in [0.717, 1.165) is 28.2 Å². The predicted octanol–water partition coefficient (Wildman–Crippen LogP) is 4.29. The Morgan fingerprint density at radius 3 is 2.70 bits per heavy atom. The first kappa shape index (κ1) is 16.2. The summed E-state index contributed by atoms with van der Waals surface area (Å²) in [5.74, 6) is 1.01. The zero-order valence-electron chi connectivity index (χ0n) is 15.1. The van der Waals surface area contributed by atoms with Crippen molar-refractivity contribution in [1.82, 2.24) is 14.1 Å². The summed E-state index contributed by atoms with van der Waals surface area (Å²) in [5.41, 5.74) is 5.21. The number of para-hydroxylation sites is 2. The van der Waals surface area contributed by atoms with E-state index in [0.29, 0.717) is 11.2 Å². The molecule has 1 atom stereocenters. The van der Waals surface area contributed by atoms with Gasteiger partial charge >= 0.3 is 0 Å². The van der Waals surface area contributed by atoms with E-state index >= 15 is 0 Å². The van der Waals surface area contributed by atoms with Crippen LogP contribution >= 0.6 is 12.2 Å². The molecule has 0 amide bonds. The summed E-state index contributed by atoms with van der Waals surface area (Å²) < 4.78 is 9.94. The van der Waals surface area contributed by atoms with Gasteiger partial charge in [-0.15, -0.1) is 0 Å². The number of methoxy groups -OCH3 is 1. The first-order valence-corrected chi connectivity index (χ1v) is 9.24. The van der Waals surface area contributed by atoms with Gasteiger partial charge in [-0.1, -0.05) is 36.4 Å². The summed E-state index contributed by atoms with van der Waals surface area (Å²) in [6.45, 7) is 0. The van der Waals surface area contributed by atoms with Gasteiger partial charge in [0.15, 0.2) is 4.77 Å². The molecule has 0 bridgehead atoms. The van der Waals surface area contributed by atoms with Crippen molar-refractivity contribution < 1.29 is 9.84 Å². The second kappa shape index (κ2) is 5.76. The highest BCUT2D eigenvalue weighted by atomic mass is 32.1. The fraction of sp³-hybridized carbons (Fsp3) is 0.190. The highest BCUT2D eigenvalue weighted by Crippen LogP contribution is 2.44. The Balaban J connectivity index is 1.90. The van der Waals surface area contributed by atoms with Crippen LogP contribution in [0.25, 0.3) is 10.9 Å². The molecule has 1 aliphatic rings. The van der Waals surface area contributed by atoms with E-state index in [2.05, 4.69) is 23.2 Å². The van der Waals surface area contributed by atoms with Gasteiger partial charge < -0.3 is 19.4 Å². The third-order valence-electron chi connectivity index (χ3n) is 5.52. The lowest BCUT2D eigenvalue weighted by molar-refractivity contribution is 0.402. The molecule has 5 rings (SSSR count). The van der Waals surface area contributed by atoms with Gasteiger partial charge in [0.2, 0.25) is 5.88 Å². The number of hydrogen-bond donors (Lipinski definition) is 2. The molecule has 27 heavy (non-hydrogen) atoms. The number of rotatable bonds is 2. The zero-order chi connectivity index (χ0) is 18.7. The van der Waals surface area contributed by atoms with E-state index in [1.165, 1.54) is 10.9 Å². The molecule has 0 spiro atoms. The van der Waals surface area contributed by atoms with Crippen molar-refractivity contribution in [3.8, 4) is 11.6 Å². The van der Waals surface area contributed by atoms with Gasteiger partial charge in [-0.3, -0.25) is 4.57 Å². The Labute approximate surface area is 161 Å². The van der Waals surface area contributed by atoms with Crippen molar-refractivity contribution in [2.45, 2.75) is 12.5 Å². The van der Waals surface area contributed by atoms with Crippen LogP contribution in [-0.2, 0) is 13.5 Å². The van der Waals surface area contributed by atoms with E-state index in [-0.39, 0.29) is 11.9 Å². The Kier molecular flexibility index (Phi) is 3.45. The summed E-state index contributed by atoms with van der Waals surface area (Å²) in [7, 11) is 3.48. The molecule has 2 aromatic heterocycles. The minimum absolute atomic E-state index is 0.188. The number of nitrogens with one attached hydrogen (secondary N) is 1. The van der Waals surface area contributed by atoms with Crippen molar-refractivity contribution >= 4 is 23.1 Å². The summed E-state index contributed by atoms with van der Waals surface area (Å²) in [6, 6.07) is 16.1. The zero-order valence-corrected chi connectivity index (χ0v) is 15.9. The fourth-order valence-corrected chi connectivity index (χ4v) is 4.53. The molecule has 136 valence electrons. The molecule has 0 saturated heterocycles. The smallest absolute Gasteiger partial charge is 0.213 e. The first-order valence-electron chi connectivity index (χ1n) is 8.83. The van der Waals surface area contributed by atoms with E-state index in [4.69, 9.17) is 17.0 Å². The number of H-pyrrole nitrogens is 1. The Morgan fingerprint density at radius 2 is 1.89 bits per heavy atom. The molecule has 4 aromatic rings. The van der Waals surface area contributed by atoms with Crippen LogP contribution in [0.3, 0.4) is 0 Å². The number of fused-ring (bicyclic) bond motifs is 4. The lowest BCUT2D eigenvalue weighted by atomic mass is 9.92. The van der Waals surface area contributed by atoms with E-state index in [1.54, 1.807) is 18.7 Å². The highest BCUT2D eigenvalue weighted by Gasteiger charge is 2.34. The van der Waals surface area contributed by atoms with Crippen LogP contribution in [0, 0.1) is 4.77 Å². The van der Waals surface area contributed by atoms with E-state index in [1.807, 2.05) is 34.9 Å². The Hall–Kier alpha value is -2.99. The molecular formula is C21H19N3O2S. The molecule has 3 heterocycles. The topological polar surface area (TPSA) is 55.1 Å². The molecule has 1 unspecified atom stereocenters. The average Bonchev–Trinajstić information content (AvgIpc) is 3.18. The molecule has 6 heteroatoms. The highest BCUT2D eigenvalue weighted by molar-refractivity contribution is 7.71. The van der Waals surface area contributed by atoms with E-state index in [9.17, 15) is 5.11 Å². The molecule has 2 aromatic carbocycles. The van der Waals surface area contributed by atoms with Gasteiger partial charge in [-0.05, 0) is 29.9 Å². The van der Waals surface area contributed by atoms with Crippen LogP contribution in [0.2, 0.25) is 0 Å². The van der Waals surface area contributed by atoms with Crippen LogP contribution in [-0.4, -0.2) is 26.3 Å². The summed E-state index contributed by atoms with van der Waals surface area (Å²) in [4.78, 5) is 3.60. The van der Waals surface area contributed by atoms with Crippen LogP contribution in [0.4, 0.5) is 0 Å². The van der Waals surface area contributed by atoms with Crippen molar-refractivity contribution in [2.75, 3.05) is 7.11 Å². The van der Waals surface area contributed by atoms with Gasteiger partial charge in [0.25, 0.3) is 0 Å². The maximum Gasteiger partial charge on any atom is 0.213 e. The summed E-state index contributed by atoms with van der Waals surface area (Å²) in [6.07, 6.45) is 0.626. The maximum atomic E-state index is 10.7. The number of ether oxygens (including phenoxy) is 1. The minimum atomic E-state index is -0.188. The number of benzene rings is 2. The van der Waals surface area contributed by atoms with Gasteiger partial charge in [-0.2, -0.15) is 0 Å². The van der Waals surface area contributed by atoms with Gasteiger partial charge in [0.1, 0.15) is 11.8 Å². The third-order valence-corrected chi connectivity index (χ3v) is 5.99. The van der Waals surface area contributed by atoms with Crippen LogP contribution in [0.15, 0.2) is 48.5 Å². The van der Waals surface area contributed by atoms with Crippen molar-refractivity contribution in [2.24, 2.45) is 7.05 Å². The van der Waals surface area contributed by atoms with Crippen LogP contribution < -0.4 is 4.74 Å². The number of aromatic nitrogens is 3. The lowest BCUT2D eigenvalue weighted by Gasteiger charge is -2.27. The standard InChI is InChI=1S/C21H19N3O2S/c1-23-20(25)16-11-14-12-7-3-5-9-15(12)22-18(14)19(24(16)21(23)27)13-8-4-6-10-17(13)26-2/h3-10,19,22,25H,11H2,1-2H3. The second-order valence-corrected chi connectivity index (χ2v) is 7.23. The number of imidazole rings is 1. The lowest BCUT2D eigenvalue weighted by Crippen LogP contribution is -2.22.